The summed E-state index contributed by atoms with van der Waals surface area (Å²) in [7, 11) is 1.89. The average molecular weight is 278 g/mol. The monoisotopic (exact) mass is 278 g/mol. The lowest BCUT2D eigenvalue weighted by Gasteiger charge is -2.28. The summed E-state index contributed by atoms with van der Waals surface area (Å²) in [5.41, 5.74) is 0.416. The summed E-state index contributed by atoms with van der Waals surface area (Å²) in [6.07, 6.45) is 5.26. The van der Waals surface area contributed by atoms with E-state index in [-0.39, 0.29) is 5.69 Å². The number of nitro groups is 1. The van der Waals surface area contributed by atoms with Crippen LogP contribution in [0.1, 0.15) is 25.7 Å². The highest BCUT2D eigenvalue weighted by Crippen LogP contribution is 2.48. The molecule has 2 aliphatic rings. The Kier molecular flexibility index (Phi) is 3.36. The Hall–Kier alpha value is -1.65. The third kappa shape index (κ3) is 2.49. The second-order valence-corrected chi connectivity index (χ2v) is 6.24. The second-order valence-electron chi connectivity index (χ2n) is 6.24. The van der Waals surface area contributed by atoms with Crippen molar-refractivity contribution in [3.63, 3.8) is 0 Å². The Bertz CT molecular complexity index is 535. The molecule has 0 aliphatic heterocycles. The Labute approximate surface area is 117 Å². The van der Waals surface area contributed by atoms with Gasteiger partial charge >= 0.3 is 0 Å². The topological polar surface area (TPSA) is 46.4 Å². The highest BCUT2D eigenvalue weighted by molar-refractivity contribution is 5.53. The molecule has 1 aromatic rings. The van der Waals surface area contributed by atoms with Gasteiger partial charge in [0.05, 0.1) is 11.0 Å². The van der Waals surface area contributed by atoms with Gasteiger partial charge in [-0.05, 0) is 43.1 Å². The fraction of sp³-hybridized carbons (Fsp3) is 0.600. The smallest absolute Gasteiger partial charge is 0.274 e. The molecule has 0 saturated heterocycles. The van der Waals surface area contributed by atoms with E-state index in [1.807, 2.05) is 11.9 Å². The van der Waals surface area contributed by atoms with Gasteiger partial charge in [0.1, 0.15) is 5.82 Å². The van der Waals surface area contributed by atoms with E-state index in [1.165, 1.54) is 37.8 Å². The Morgan fingerprint density at radius 1 is 1.35 bits per heavy atom. The first-order valence-corrected chi connectivity index (χ1v) is 7.19. The molecule has 5 heteroatoms. The Morgan fingerprint density at radius 2 is 2.15 bits per heavy atom. The number of hydrogen-bond donors (Lipinski definition) is 0. The van der Waals surface area contributed by atoms with Crippen LogP contribution in [-0.4, -0.2) is 18.5 Å². The minimum Gasteiger partial charge on any atom is -0.374 e. The van der Waals surface area contributed by atoms with Crippen molar-refractivity contribution in [2.75, 3.05) is 18.5 Å². The largest absolute Gasteiger partial charge is 0.374 e. The minimum atomic E-state index is -0.547. The molecule has 2 bridgehead atoms. The van der Waals surface area contributed by atoms with E-state index >= 15 is 0 Å². The summed E-state index contributed by atoms with van der Waals surface area (Å²) in [6.45, 7) is 0.863. The predicted molar refractivity (Wildman–Crippen MR) is 75.3 cm³/mol. The van der Waals surface area contributed by atoms with Gasteiger partial charge in [0.25, 0.3) is 5.69 Å². The number of hydrogen-bond acceptors (Lipinski definition) is 3. The lowest BCUT2D eigenvalue weighted by molar-refractivity contribution is -0.385. The zero-order valence-corrected chi connectivity index (χ0v) is 11.6. The summed E-state index contributed by atoms with van der Waals surface area (Å²) in [5, 5.41) is 10.8. The lowest BCUT2D eigenvalue weighted by Crippen LogP contribution is -2.28. The normalized spacial score (nSPS) is 27.8. The molecule has 2 fully saturated rings. The van der Waals surface area contributed by atoms with Crippen LogP contribution in [0.25, 0.3) is 0 Å². The number of rotatable bonds is 4. The van der Waals surface area contributed by atoms with Gasteiger partial charge in [-0.3, -0.25) is 10.1 Å². The molecule has 20 heavy (non-hydrogen) atoms. The number of nitro benzene ring substituents is 1. The van der Waals surface area contributed by atoms with Crippen LogP contribution in [0.2, 0.25) is 0 Å². The summed E-state index contributed by atoms with van der Waals surface area (Å²) >= 11 is 0. The van der Waals surface area contributed by atoms with Gasteiger partial charge < -0.3 is 4.90 Å². The van der Waals surface area contributed by atoms with Crippen LogP contribution in [0, 0.1) is 33.7 Å². The molecule has 1 aromatic carbocycles. The van der Waals surface area contributed by atoms with Crippen LogP contribution >= 0.6 is 0 Å². The minimum absolute atomic E-state index is 0.181. The lowest BCUT2D eigenvalue weighted by atomic mass is 9.88. The van der Waals surface area contributed by atoms with Crippen molar-refractivity contribution < 1.29 is 9.31 Å². The summed E-state index contributed by atoms with van der Waals surface area (Å²) in [5.74, 6) is 1.78. The maximum absolute atomic E-state index is 13.5. The average Bonchev–Trinajstić information content (AvgIpc) is 3.00. The van der Waals surface area contributed by atoms with Crippen molar-refractivity contribution in [1.82, 2.24) is 0 Å². The maximum Gasteiger partial charge on any atom is 0.274 e. The zero-order chi connectivity index (χ0) is 14.3. The SMILES string of the molecule is CN(CC1CC2CCC1C2)c1cc(F)cc([N+](=O)[O-])c1. The van der Waals surface area contributed by atoms with Crippen molar-refractivity contribution in [2.24, 2.45) is 17.8 Å². The Morgan fingerprint density at radius 3 is 2.75 bits per heavy atom. The first-order valence-electron chi connectivity index (χ1n) is 7.19. The molecule has 3 unspecified atom stereocenters. The van der Waals surface area contributed by atoms with Crippen molar-refractivity contribution in [3.8, 4) is 0 Å². The quantitative estimate of drug-likeness (QED) is 0.624. The van der Waals surface area contributed by atoms with E-state index in [2.05, 4.69) is 0 Å². The number of non-ortho nitro benzene ring substituents is 1. The van der Waals surface area contributed by atoms with E-state index in [0.717, 1.165) is 24.4 Å². The third-order valence-corrected chi connectivity index (χ3v) is 4.91. The van der Waals surface area contributed by atoms with E-state index in [1.54, 1.807) is 0 Å². The molecule has 4 nitrogen and oxygen atoms in total. The summed E-state index contributed by atoms with van der Waals surface area (Å²) in [4.78, 5) is 12.2. The second kappa shape index (κ2) is 5.04. The molecule has 0 spiro atoms. The zero-order valence-electron chi connectivity index (χ0n) is 11.6. The van der Waals surface area contributed by atoms with E-state index in [4.69, 9.17) is 0 Å². The van der Waals surface area contributed by atoms with Crippen molar-refractivity contribution in [1.29, 1.82) is 0 Å². The van der Waals surface area contributed by atoms with Gasteiger partial charge in [-0.1, -0.05) is 6.42 Å². The molecule has 0 heterocycles. The van der Waals surface area contributed by atoms with Crippen LogP contribution in [-0.2, 0) is 0 Å². The summed E-state index contributed by atoms with van der Waals surface area (Å²) < 4.78 is 13.5. The first kappa shape index (κ1) is 13.3. The molecule has 0 N–H and O–H groups in total. The van der Waals surface area contributed by atoms with Crippen molar-refractivity contribution in [3.05, 3.63) is 34.1 Å². The van der Waals surface area contributed by atoms with Gasteiger partial charge in [0.15, 0.2) is 0 Å². The number of halogens is 1. The number of anilines is 1. The predicted octanol–water partition coefficient (Wildman–Crippen LogP) is 3.61. The molecule has 0 radical (unpaired) electrons. The number of fused-ring (bicyclic) bond motifs is 2. The van der Waals surface area contributed by atoms with Crippen molar-refractivity contribution >= 4 is 11.4 Å². The van der Waals surface area contributed by atoms with E-state index < -0.39 is 10.7 Å². The fourth-order valence-corrected chi connectivity index (χ4v) is 3.94. The number of nitrogens with zero attached hydrogens (tertiary/aromatic N) is 2. The highest BCUT2D eigenvalue weighted by atomic mass is 19.1. The molecule has 0 amide bonds. The van der Waals surface area contributed by atoms with E-state index in [0.29, 0.717) is 11.6 Å². The van der Waals surface area contributed by atoms with Crippen LogP contribution in [0.3, 0.4) is 0 Å². The standard InChI is InChI=1S/C15H19FN2O2/c1-17(9-12-5-10-2-3-11(12)4-10)14-6-13(16)7-15(8-14)18(19)20/h6-8,10-12H,2-5,9H2,1H3. The molecule has 2 saturated carbocycles. The van der Waals surface area contributed by atoms with E-state index in [9.17, 15) is 14.5 Å². The van der Waals surface area contributed by atoms with Crippen LogP contribution in [0.4, 0.5) is 15.8 Å². The van der Waals surface area contributed by atoms with Crippen LogP contribution in [0.15, 0.2) is 18.2 Å². The molecule has 0 aromatic heterocycles. The molecule has 3 atom stereocenters. The van der Waals surface area contributed by atoms with Crippen LogP contribution in [0.5, 0.6) is 0 Å². The summed E-state index contributed by atoms with van der Waals surface area (Å²) in [6, 6.07) is 3.80. The highest BCUT2D eigenvalue weighted by Gasteiger charge is 2.39. The van der Waals surface area contributed by atoms with Gasteiger partial charge in [0.2, 0.25) is 0 Å². The van der Waals surface area contributed by atoms with Crippen LogP contribution < -0.4 is 4.90 Å². The maximum atomic E-state index is 13.5. The number of benzene rings is 1. The van der Waals surface area contributed by atoms with Crippen molar-refractivity contribution in [2.45, 2.75) is 25.7 Å². The Balaban J connectivity index is 1.73. The van der Waals surface area contributed by atoms with Gasteiger partial charge in [-0.15, -0.1) is 0 Å². The van der Waals surface area contributed by atoms with Gasteiger partial charge in [-0.2, -0.15) is 0 Å². The third-order valence-electron chi connectivity index (χ3n) is 4.91. The molecule has 3 rings (SSSR count). The van der Waals surface area contributed by atoms with Gasteiger partial charge in [-0.25, -0.2) is 4.39 Å². The molecular weight excluding hydrogens is 259 g/mol. The fourth-order valence-electron chi connectivity index (χ4n) is 3.94. The van der Waals surface area contributed by atoms with Gasteiger partial charge in [0, 0.05) is 25.3 Å². The first-order chi connectivity index (χ1) is 9.52. The molecule has 108 valence electrons. The molecule has 2 aliphatic carbocycles. The molecular formula is C15H19FN2O2.